The molecule has 0 amide bonds. The molecule has 0 rings (SSSR count). The molecular weight excluding hydrogens is 84.1 g/mol. The van der Waals surface area contributed by atoms with Crippen LogP contribution in [0.25, 0.3) is 0 Å². The van der Waals surface area contributed by atoms with Crippen molar-refractivity contribution in [2.75, 3.05) is 0 Å². The number of unbranched alkanes of at least 4 members (excludes halogenated alkanes) is 3. The summed E-state index contributed by atoms with van der Waals surface area (Å²) in [4.78, 5) is 0. The summed E-state index contributed by atoms with van der Waals surface area (Å²) >= 11 is 0. The van der Waals surface area contributed by atoms with Gasteiger partial charge in [-0.05, 0) is 0 Å². The summed E-state index contributed by atoms with van der Waals surface area (Å²) < 4.78 is 6.78. The quantitative estimate of drug-likeness (QED) is 0.482. The van der Waals surface area contributed by atoms with Gasteiger partial charge >= 0.3 is 0 Å². The Morgan fingerprint density at radius 2 is 1.86 bits per heavy atom. The van der Waals surface area contributed by atoms with Gasteiger partial charge in [-0.15, -0.1) is 0 Å². The first-order valence-corrected chi connectivity index (χ1v) is 2.71. The molecule has 0 fully saturated rings. The van der Waals surface area contributed by atoms with Crippen molar-refractivity contribution < 1.29 is 1.37 Å². The maximum atomic E-state index is 6.78. The van der Waals surface area contributed by atoms with Gasteiger partial charge < -0.3 is 0 Å². The van der Waals surface area contributed by atoms with Crippen molar-refractivity contribution in [3.05, 3.63) is 0 Å². The van der Waals surface area contributed by atoms with Crippen LogP contribution in [0.3, 0.4) is 0 Å². The minimum atomic E-state index is 0. The molecule has 0 spiro atoms. The molecule has 0 atom stereocenters. The van der Waals surface area contributed by atoms with Gasteiger partial charge in [-0.1, -0.05) is 46.9 Å². The largest absolute Gasteiger partial charge is 0.0776 e. The standard InChI is InChI=1S/C6H14.CH4/c1-3-5-6-4-2;/h3-6H2,1-2H3;1H4/i1T;. The topological polar surface area (TPSA) is 0 Å². The molecule has 0 radical (unpaired) electrons. The van der Waals surface area contributed by atoms with Crippen molar-refractivity contribution in [2.24, 2.45) is 0 Å². The predicted molar refractivity (Wildman–Crippen MR) is 36.5 cm³/mol. The number of rotatable bonds is 3. The fourth-order valence-corrected chi connectivity index (χ4v) is 0.427. The molecule has 0 aromatic carbocycles. The van der Waals surface area contributed by atoms with Crippen LogP contribution in [0.5, 0.6) is 0 Å². The third kappa shape index (κ3) is 10.7. The normalized spacial score (nSPS) is 9.57. The zero-order valence-corrected chi connectivity index (χ0v) is 4.54. The lowest BCUT2D eigenvalue weighted by atomic mass is 10.2. The summed E-state index contributed by atoms with van der Waals surface area (Å²) in [6.45, 7) is 2.80. The molecule has 0 aromatic heterocycles. The van der Waals surface area contributed by atoms with Crippen molar-refractivity contribution in [1.82, 2.24) is 0 Å². The molecule has 0 saturated heterocycles. The highest BCUT2D eigenvalue weighted by atomic mass is 13.8. The van der Waals surface area contributed by atoms with Gasteiger partial charge in [0.1, 0.15) is 0 Å². The fourth-order valence-electron chi connectivity index (χ4n) is 0.427. The van der Waals surface area contributed by atoms with Crippen molar-refractivity contribution in [3.8, 4) is 0 Å². The van der Waals surface area contributed by atoms with E-state index in [4.69, 9.17) is 1.37 Å². The Morgan fingerprint density at radius 3 is 2.29 bits per heavy atom. The van der Waals surface area contributed by atoms with Crippen molar-refractivity contribution in [3.63, 3.8) is 0 Å². The second kappa shape index (κ2) is 9.38. The fraction of sp³-hybridized carbons (Fsp3) is 1.00. The van der Waals surface area contributed by atoms with E-state index in [0.29, 0.717) is 6.90 Å². The van der Waals surface area contributed by atoms with Crippen LogP contribution in [0.1, 0.15) is 48.3 Å². The van der Waals surface area contributed by atoms with Crippen molar-refractivity contribution in [1.29, 1.82) is 0 Å². The SMILES string of the molecule is C.[3H]CCCCCC. The molecule has 0 unspecified atom stereocenters. The lowest BCUT2D eigenvalue weighted by molar-refractivity contribution is 0.702. The van der Waals surface area contributed by atoms with Gasteiger partial charge in [-0.25, -0.2) is 0 Å². The van der Waals surface area contributed by atoms with E-state index in [1.807, 2.05) is 0 Å². The Morgan fingerprint density at radius 1 is 1.29 bits per heavy atom. The van der Waals surface area contributed by atoms with E-state index in [0.717, 1.165) is 6.42 Å². The molecule has 0 nitrogen and oxygen atoms in total. The van der Waals surface area contributed by atoms with Gasteiger partial charge in [-0.3, -0.25) is 0 Å². The first kappa shape index (κ1) is 7.00. The van der Waals surface area contributed by atoms with E-state index < -0.39 is 0 Å². The van der Waals surface area contributed by atoms with E-state index in [1.54, 1.807) is 0 Å². The third-order valence-electron chi connectivity index (χ3n) is 0.854. The summed E-state index contributed by atoms with van der Waals surface area (Å²) in [5.41, 5.74) is 0. The summed E-state index contributed by atoms with van der Waals surface area (Å²) in [5, 5.41) is 0. The van der Waals surface area contributed by atoms with Crippen molar-refractivity contribution >= 4 is 0 Å². The predicted octanol–water partition coefficient (Wildman–Crippen LogP) is 3.22. The Balaban J connectivity index is 0. The lowest BCUT2D eigenvalue weighted by Crippen LogP contribution is -1.66. The first-order chi connectivity index (χ1) is 3.41. The van der Waals surface area contributed by atoms with Gasteiger partial charge in [0.15, 0.2) is 0 Å². The number of hydrogen-bond acceptors (Lipinski definition) is 0. The van der Waals surface area contributed by atoms with E-state index >= 15 is 0 Å². The van der Waals surface area contributed by atoms with Crippen LogP contribution >= 0.6 is 0 Å². The van der Waals surface area contributed by atoms with E-state index in [1.165, 1.54) is 19.3 Å². The maximum Gasteiger partial charge on any atom is 0.0230 e. The molecule has 0 aliphatic carbocycles. The van der Waals surface area contributed by atoms with Crippen LogP contribution in [0.15, 0.2) is 0 Å². The molecule has 0 heterocycles. The van der Waals surface area contributed by atoms with Gasteiger partial charge in [0.2, 0.25) is 0 Å². The van der Waals surface area contributed by atoms with E-state index in [2.05, 4.69) is 6.92 Å². The van der Waals surface area contributed by atoms with Crippen LogP contribution in [0, 0.1) is 0 Å². The Kier molecular flexibility index (Phi) is 9.38. The molecule has 0 N–H and O–H groups in total. The molecule has 0 heteroatoms. The Bertz CT molecular complexity index is 23.6. The minimum Gasteiger partial charge on any atom is -0.0776 e. The third-order valence-corrected chi connectivity index (χ3v) is 0.854. The second-order valence-electron chi connectivity index (χ2n) is 1.56. The highest BCUT2D eigenvalue weighted by molar-refractivity contribution is 4.31. The summed E-state index contributed by atoms with van der Waals surface area (Å²) in [6, 6.07) is 0. The monoisotopic (exact) mass is 104 g/mol. The second-order valence-corrected chi connectivity index (χ2v) is 1.56. The highest BCUT2D eigenvalue weighted by Gasteiger charge is 1.75. The molecule has 0 aliphatic rings. The van der Waals surface area contributed by atoms with Crippen LogP contribution in [0.2, 0.25) is 0 Å². The van der Waals surface area contributed by atoms with Crippen LogP contribution in [-0.2, 0) is 0 Å². The van der Waals surface area contributed by atoms with Crippen LogP contribution in [-0.4, -0.2) is 0 Å². The lowest BCUT2D eigenvalue weighted by Gasteiger charge is -1.86. The first-order valence-electron chi connectivity index (χ1n) is 3.41. The average Bonchev–Trinajstić information content (AvgIpc) is 1.69. The summed E-state index contributed by atoms with van der Waals surface area (Å²) in [6.07, 6.45) is 4.92. The van der Waals surface area contributed by atoms with Gasteiger partial charge in [-0.2, -0.15) is 0 Å². The van der Waals surface area contributed by atoms with Gasteiger partial charge in [0.05, 0.1) is 0 Å². The molecule has 7 heavy (non-hydrogen) atoms. The maximum absolute atomic E-state index is 6.78. The average molecular weight is 104 g/mol. The smallest absolute Gasteiger partial charge is 0.0230 e. The van der Waals surface area contributed by atoms with E-state index in [9.17, 15) is 0 Å². The van der Waals surface area contributed by atoms with Gasteiger partial charge in [0, 0.05) is 1.37 Å². The van der Waals surface area contributed by atoms with Crippen molar-refractivity contribution in [2.45, 2.75) is 46.9 Å². The summed E-state index contributed by atoms with van der Waals surface area (Å²) in [7, 11) is 0. The highest BCUT2D eigenvalue weighted by Crippen LogP contribution is 1.95. The zero-order chi connectivity index (χ0) is 5.54. The Hall–Kier alpha value is 0. The Labute approximate surface area is 49.3 Å². The van der Waals surface area contributed by atoms with Crippen LogP contribution < -0.4 is 0 Å². The molecule has 0 saturated carbocycles. The number of hydrogen-bond donors (Lipinski definition) is 0. The van der Waals surface area contributed by atoms with Gasteiger partial charge in [0.25, 0.3) is 0 Å². The molecule has 0 bridgehead atoms. The van der Waals surface area contributed by atoms with E-state index in [-0.39, 0.29) is 7.43 Å². The summed E-state index contributed by atoms with van der Waals surface area (Å²) in [5.74, 6) is 0. The molecule has 0 aromatic rings. The minimum absolute atomic E-state index is 0. The molecule has 0 aliphatic heterocycles. The molecule has 46 valence electrons. The zero-order valence-electron chi connectivity index (χ0n) is 5.54. The van der Waals surface area contributed by atoms with Crippen LogP contribution in [0.4, 0.5) is 0 Å². The molecular formula is C7H18.